The molecule has 6 atom stereocenters. The number of aliphatic hydroxyl groups excluding tert-OH is 1. The molecule has 2 saturated carbocycles. The topological polar surface area (TPSA) is 72.8 Å². The Morgan fingerprint density at radius 2 is 2.16 bits per heavy atom. The second kappa shape index (κ2) is 6.75. The number of carbonyl (C=O) groups is 2. The molecule has 1 aliphatic heterocycles. The van der Waals surface area contributed by atoms with Gasteiger partial charge >= 0.3 is 11.9 Å². The monoisotopic (exact) mass is 348 g/mol. The van der Waals surface area contributed by atoms with Gasteiger partial charge in [0.2, 0.25) is 0 Å². The molecular formula is C20H28O5. The van der Waals surface area contributed by atoms with Crippen molar-refractivity contribution >= 4 is 11.9 Å². The van der Waals surface area contributed by atoms with Gasteiger partial charge in [0.15, 0.2) is 0 Å². The molecule has 5 heteroatoms. The van der Waals surface area contributed by atoms with Gasteiger partial charge in [0.05, 0.1) is 18.4 Å². The molecular weight excluding hydrogens is 320 g/mol. The van der Waals surface area contributed by atoms with Crippen molar-refractivity contribution in [3.05, 3.63) is 11.1 Å². The second-order valence-corrected chi connectivity index (χ2v) is 8.16. The average Bonchev–Trinajstić information content (AvgIpc) is 3.27. The normalized spacial score (nSPS) is 37.8. The third kappa shape index (κ3) is 2.90. The highest BCUT2D eigenvalue weighted by molar-refractivity contribution is 5.84. The van der Waals surface area contributed by atoms with Crippen molar-refractivity contribution < 1.29 is 24.2 Å². The van der Waals surface area contributed by atoms with Crippen LogP contribution >= 0.6 is 0 Å². The van der Waals surface area contributed by atoms with Gasteiger partial charge in [-0.05, 0) is 62.9 Å². The molecule has 3 aliphatic carbocycles. The van der Waals surface area contributed by atoms with E-state index in [0.717, 1.165) is 31.6 Å². The van der Waals surface area contributed by atoms with Crippen molar-refractivity contribution in [3.8, 4) is 0 Å². The average molecular weight is 348 g/mol. The van der Waals surface area contributed by atoms with Gasteiger partial charge in [-0.25, -0.2) is 0 Å². The van der Waals surface area contributed by atoms with Crippen LogP contribution in [0.2, 0.25) is 0 Å². The lowest BCUT2D eigenvalue weighted by atomic mass is 9.89. The lowest BCUT2D eigenvalue weighted by Crippen LogP contribution is -2.31. The number of ether oxygens (including phenoxy) is 2. The number of rotatable bonds is 5. The van der Waals surface area contributed by atoms with Crippen molar-refractivity contribution in [2.75, 3.05) is 6.61 Å². The summed E-state index contributed by atoms with van der Waals surface area (Å²) in [5.41, 5.74) is 2.87. The molecule has 4 rings (SSSR count). The molecule has 0 radical (unpaired) electrons. The Balaban J connectivity index is 1.45. The summed E-state index contributed by atoms with van der Waals surface area (Å²) >= 11 is 0. The molecule has 3 fully saturated rings. The minimum atomic E-state index is -0.448. The van der Waals surface area contributed by atoms with Crippen molar-refractivity contribution in [3.63, 3.8) is 0 Å². The third-order valence-corrected chi connectivity index (χ3v) is 6.81. The van der Waals surface area contributed by atoms with Crippen LogP contribution in [0.5, 0.6) is 0 Å². The van der Waals surface area contributed by atoms with E-state index in [9.17, 15) is 14.7 Å². The molecule has 2 bridgehead atoms. The van der Waals surface area contributed by atoms with Gasteiger partial charge in [-0.1, -0.05) is 12.5 Å². The highest BCUT2D eigenvalue weighted by Crippen LogP contribution is 2.47. The van der Waals surface area contributed by atoms with Crippen molar-refractivity contribution in [1.29, 1.82) is 0 Å². The Labute approximate surface area is 148 Å². The maximum absolute atomic E-state index is 12.8. The van der Waals surface area contributed by atoms with E-state index < -0.39 is 17.9 Å². The Hall–Kier alpha value is -1.36. The fourth-order valence-electron chi connectivity index (χ4n) is 5.60. The van der Waals surface area contributed by atoms with E-state index in [1.807, 2.05) is 0 Å². The van der Waals surface area contributed by atoms with Crippen LogP contribution < -0.4 is 0 Å². The van der Waals surface area contributed by atoms with Crippen LogP contribution in [-0.2, 0) is 19.1 Å². The Kier molecular flexibility index (Phi) is 4.61. The van der Waals surface area contributed by atoms with Gasteiger partial charge in [-0.15, -0.1) is 0 Å². The van der Waals surface area contributed by atoms with E-state index in [-0.39, 0.29) is 30.6 Å². The quantitative estimate of drug-likeness (QED) is 0.611. The number of hydrogen-bond donors (Lipinski definition) is 1. The van der Waals surface area contributed by atoms with E-state index in [1.165, 1.54) is 30.4 Å². The number of aliphatic hydroxyl groups is 1. The predicted octanol–water partition coefficient (Wildman–Crippen LogP) is 2.76. The molecule has 0 amide bonds. The Morgan fingerprint density at radius 3 is 2.88 bits per heavy atom. The minimum Gasteiger partial charge on any atom is -0.459 e. The maximum Gasteiger partial charge on any atom is 0.310 e. The van der Waals surface area contributed by atoms with Crippen LogP contribution in [-0.4, -0.2) is 35.9 Å². The van der Waals surface area contributed by atoms with Gasteiger partial charge < -0.3 is 14.6 Å². The largest absolute Gasteiger partial charge is 0.459 e. The molecule has 1 heterocycles. The van der Waals surface area contributed by atoms with Gasteiger partial charge in [-0.3, -0.25) is 9.59 Å². The first kappa shape index (κ1) is 17.1. The zero-order chi connectivity index (χ0) is 17.6. The summed E-state index contributed by atoms with van der Waals surface area (Å²) in [6.45, 7) is 1.90. The zero-order valence-electron chi connectivity index (χ0n) is 14.9. The van der Waals surface area contributed by atoms with E-state index in [4.69, 9.17) is 9.47 Å². The summed E-state index contributed by atoms with van der Waals surface area (Å²) in [4.78, 5) is 25.0. The standard InChI is InChI=1S/C20H28O5/c1-2-16(15-9-11-4-3-5-12(15)8-11)24-19(22)14-7-6-13-17(10-21)25-20(23)18(13)14/h11,13-14,16-18,21H,2-10H2,1H3/t11?,13-,14?,16?,17?,18?/m1/s1. The van der Waals surface area contributed by atoms with Crippen LogP contribution in [0.15, 0.2) is 11.1 Å². The lowest BCUT2D eigenvalue weighted by molar-refractivity contribution is -0.159. The Bertz CT molecular complexity index is 595. The molecule has 138 valence electrons. The summed E-state index contributed by atoms with van der Waals surface area (Å²) in [7, 11) is 0. The molecule has 5 unspecified atom stereocenters. The van der Waals surface area contributed by atoms with Crippen molar-refractivity contribution in [1.82, 2.24) is 0 Å². The summed E-state index contributed by atoms with van der Waals surface area (Å²) in [5, 5.41) is 9.37. The fraction of sp³-hybridized carbons (Fsp3) is 0.800. The molecule has 0 spiro atoms. The van der Waals surface area contributed by atoms with Crippen LogP contribution in [0.1, 0.15) is 58.3 Å². The maximum atomic E-state index is 12.8. The smallest absolute Gasteiger partial charge is 0.310 e. The number of hydrogen-bond acceptors (Lipinski definition) is 5. The van der Waals surface area contributed by atoms with Crippen LogP contribution in [0, 0.1) is 23.7 Å². The molecule has 1 saturated heterocycles. The highest BCUT2D eigenvalue weighted by atomic mass is 16.6. The predicted molar refractivity (Wildman–Crippen MR) is 90.4 cm³/mol. The molecule has 0 aromatic heterocycles. The summed E-state index contributed by atoms with van der Waals surface area (Å²) < 4.78 is 11.2. The van der Waals surface area contributed by atoms with E-state index >= 15 is 0 Å². The summed E-state index contributed by atoms with van der Waals surface area (Å²) in [6.07, 6.45) is 7.58. The third-order valence-electron chi connectivity index (χ3n) is 6.81. The number of allylic oxidation sites excluding steroid dienone is 1. The Morgan fingerprint density at radius 1 is 1.32 bits per heavy atom. The first-order chi connectivity index (χ1) is 12.1. The number of fused-ring (bicyclic) bond motifs is 3. The first-order valence-corrected chi connectivity index (χ1v) is 9.85. The number of esters is 2. The molecule has 5 nitrogen and oxygen atoms in total. The van der Waals surface area contributed by atoms with Gasteiger partial charge in [-0.2, -0.15) is 0 Å². The fourth-order valence-corrected chi connectivity index (χ4v) is 5.60. The van der Waals surface area contributed by atoms with Crippen LogP contribution in [0.4, 0.5) is 0 Å². The van der Waals surface area contributed by atoms with E-state index in [0.29, 0.717) is 6.42 Å². The van der Waals surface area contributed by atoms with E-state index in [2.05, 4.69) is 6.92 Å². The van der Waals surface area contributed by atoms with Gasteiger partial charge in [0.25, 0.3) is 0 Å². The van der Waals surface area contributed by atoms with E-state index in [1.54, 1.807) is 0 Å². The second-order valence-electron chi connectivity index (χ2n) is 8.16. The number of cyclic esters (lactones) is 1. The lowest BCUT2D eigenvalue weighted by Gasteiger charge is -2.22. The molecule has 1 N–H and O–H groups in total. The molecule has 0 aromatic rings. The zero-order valence-corrected chi connectivity index (χ0v) is 14.9. The van der Waals surface area contributed by atoms with Gasteiger partial charge in [0, 0.05) is 5.92 Å². The first-order valence-electron chi connectivity index (χ1n) is 9.85. The minimum absolute atomic E-state index is 0.0390. The van der Waals surface area contributed by atoms with Crippen molar-refractivity contribution in [2.24, 2.45) is 23.7 Å². The number of carbonyl (C=O) groups excluding carboxylic acids is 2. The van der Waals surface area contributed by atoms with Crippen LogP contribution in [0.3, 0.4) is 0 Å². The van der Waals surface area contributed by atoms with Crippen LogP contribution in [0.25, 0.3) is 0 Å². The SMILES string of the molecule is CCC(OC(=O)C1CC[C@@H]2C(CO)OC(=O)C12)C1=C2CCCC(C2)C1. The molecule has 25 heavy (non-hydrogen) atoms. The summed E-state index contributed by atoms with van der Waals surface area (Å²) in [6, 6.07) is 0. The highest BCUT2D eigenvalue weighted by Gasteiger charge is 2.55. The van der Waals surface area contributed by atoms with Gasteiger partial charge in [0.1, 0.15) is 12.2 Å². The molecule has 0 aromatic carbocycles. The molecule has 4 aliphatic rings. The summed E-state index contributed by atoms with van der Waals surface area (Å²) in [5.74, 6) is -0.711. The van der Waals surface area contributed by atoms with Crippen molar-refractivity contribution in [2.45, 2.75) is 70.5 Å².